The quantitative estimate of drug-likeness (QED) is 0.430. The van der Waals surface area contributed by atoms with Crippen LogP contribution in [0.25, 0.3) is 6.08 Å². The van der Waals surface area contributed by atoms with Crippen molar-refractivity contribution in [2.24, 2.45) is 0 Å². The fraction of sp³-hybridized carbons (Fsp3) is 0.348. The van der Waals surface area contributed by atoms with Crippen molar-refractivity contribution in [2.45, 2.75) is 20.3 Å². The van der Waals surface area contributed by atoms with Crippen molar-refractivity contribution in [1.82, 2.24) is 5.32 Å². The van der Waals surface area contributed by atoms with Gasteiger partial charge in [-0.1, -0.05) is 25.1 Å². The molecule has 2 aromatic rings. The normalized spacial score (nSPS) is 10.6. The largest absolute Gasteiger partial charge is 0.493 e. The molecule has 6 nitrogen and oxygen atoms in total. The van der Waals surface area contributed by atoms with Crippen LogP contribution in [0.1, 0.15) is 25.8 Å². The van der Waals surface area contributed by atoms with Gasteiger partial charge >= 0.3 is 0 Å². The molecule has 0 heterocycles. The second-order valence-electron chi connectivity index (χ2n) is 6.11. The average molecular weight is 399 g/mol. The van der Waals surface area contributed by atoms with Crippen LogP contribution in [-0.4, -0.2) is 39.4 Å². The van der Waals surface area contributed by atoms with Crippen LogP contribution in [0.3, 0.4) is 0 Å². The lowest BCUT2D eigenvalue weighted by molar-refractivity contribution is -0.116. The highest BCUT2D eigenvalue weighted by Crippen LogP contribution is 2.29. The van der Waals surface area contributed by atoms with Gasteiger partial charge in [-0.2, -0.15) is 0 Å². The van der Waals surface area contributed by atoms with E-state index in [0.717, 1.165) is 12.0 Å². The Kier molecular flexibility index (Phi) is 9.42. The first-order valence-corrected chi connectivity index (χ1v) is 9.79. The number of amides is 1. The van der Waals surface area contributed by atoms with Gasteiger partial charge in [-0.3, -0.25) is 4.79 Å². The van der Waals surface area contributed by atoms with E-state index in [0.29, 0.717) is 49.4 Å². The maximum atomic E-state index is 12.0. The van der Waals surface area contributed by atoms with Crippen LogP contribution in [0, 0.1) is 0 Å². The van der Waals surface area contributed by atoms with E-state index >= 15 is 0 Å². The van der Waals surface area contributed by atoms with Gasteiger partial charge in [0.05, 0.1) is 26.9 Å². The molecule has 0 fully saturated rings. The molecule has 0 radical (unpaired) electrons. The SMILES string of the molecule is CCCOc1ccc(/C=C/C(=O)NCCOc2ccccc2OC)cc1OCC. The maximum absolute atomic E-state index is 12.0. The van der Waals surface area contributed by atoms with Crippen molar-refractivity contribution in [3.63, 3.8) is 0 Å². The predicted molar refractivity (Wildman–Crippen MR) is 114 cm³/mol. The summed E-state index contributed by atoms with van der Waals surface area (Å²) in [4.78, 5) is 12.0. The summed E-state index contributed by atoms with van der Waals surface area (Å²) in [6.45, 7) is 5.88. The molecule has 29 heavy (non-hydrogen) atoms. The van der Waals surface area contributed by atoms with Gasteiger partial charge in [0.1, 0.15) is 6.61 Å². The van der Waals surface area contributed by atoms with Gasteiger partial charge in [0.15, 0.2) is 23.0 Å². The van der Waals surface area contributed by atoms with Gasteiger partial charge in [-0.05, 0) is 49.2 Å². The average Bonchev–Trinajstić information content (AvgIpc) is 2.75. The van der Waals surface area contributed by atoms with Crippen LogP contribution in [0.5, 0.6) is 23.0 Å². The first kappa shape index (κ1) is 22.1. The standard InChI is InChI=1S/C23H29NO5/c1-4-15-28-21-12-10-18(17-22(21)27-5-2)11-13-23(25)24-14-16-29-20-9-7-6-8-19(20)26-3/h6-13,17H,4-5,14-16H2,1-3H3,(H,24,25)/b13-11+. The molecule has 0 aromatic heterocycles. The Labute approximate surface area is 172 Å². The Hall–Kier alpha value is -3.15. The molecule has 0 saturated heterocycles. The monoisotopic (exact) mass is 399 g/mol. The Morgan fingerprint density at radius 1 is 0.931 bits per heavy atom. The van der Waals surface area contributed by atoms with E-state index in [9.17, 15) is 4.79 Å². The number of carbonyl (C=O) groups is 1. The molecule has 0 aliphatic heterocycles. The number of methoxy groups -OCH3 is 1. The second kappa shape index (κ2) is 12.3. The number of ether oxygens (including phenoxy) is 4. The predicted octanol–water partition coefficient (Wildman–Crippen LogP) is 4.09. The van der Waals surface area contributed by atoms with Crippen molar-refractivity contribution >= 4 is 12.0 Å². The van der Waals surface area contributed by atoms with E-state index < -0.39 is 0 Å². The third kappa shape index (κ3) is 7.41. The van der Waals surface area contributed by atoms with Crippen LogP contribution >= 0.6 is 0 Å². The third-order valence-corrected chi connectivity index (χ3v) is 3.88. The molecule has 0 aliphatic carbocycles. The summed E-state index contributed by atoms with van der Waals surface area (Å²) < 4.78 is 22.2. The molecule has 0 unspecified atom stereocenters. The zero-order valence-electron chi connectivity index (χ0n) is 17.3. The number of rotatable bonds is 12. The Bertz CT molecular complexity index is 804. The lowest BCUT2D eigenvalue weighted by atomic mass is 10.2. The van der Waals surface area contributed by atoms with Gasteiger partial charge in [0, 0.05) is 6.08 Å². The zero-order chi connectivity index (χ0) is 20.9. The molecule has 0 bridgehead atoms. The molecular weight excluding hydrogens is 370 g/mol. The summed E-state index contributed by atoms with van der Waals surface area (Å²) in [7, 11) is 1.59. The number of carbonyl (C=O) groups excluding carboxylic acids is 1. The molecule has 156 valence electrons. The van der Waals surface area contributed by atoms with E-state index in [4.69, 9.17) is 18.9 Å². The van der Waals surface area contributed by atoms with Crippen LogP contribution < -0.4 is 24.3 Å². The highest BCUT2D eigenvalue weighted by atomic mass is 16.5. The highest BCUT2D eigenvalue weighted by Gasteiger charge is 2.06. The zero-order valence-corrected chi connectivity index (χ0v) is 17.3. The lowest BCUT2D eigenvalue weighted by Gasteiger charge is -2.12. The van der Waals surface area contributed by atoms with Crippen molar-refractivity contribution in [3.8, 4) is 23.0 Å². The van der Waals surface area contributed by atoms with Gasteiger partial charge in [-0.15, -0.1) is 0 Å². The number of hydrogen-bond donors (Lipinski definition) is 1. The summed E-state index contributed by atoms with van der Waals surface area (Å²) in [5, 5.41) is 2.79. The van der Waals surface area contributed by atoms with E-state index in [1.54, 1.807) is 13.2 Å². The summed E-state index contributed by atoms with van der Waals surface area (Å²) in [6.07, 6.45) is 4.15. The highest BCUT2D eigenvalue weighted by molar-refractivity contribution is 5.91. The van der Waals surface area contributed by atoms with Gasteiger partial charge in [0.25, 0.3) is 0 Å². The fourth-order valence-corrected chi connectivity index (χ4v) is 2.53. The molecule has 0 aliphatic rings. The number of benzene rings is 2. The van der Waals surface area contributed by atoms with Gasteiger partial charge in [0.2, 0.25) is 5.91 Å². The summed E-state index contributed by atoms with van der Waals surface area (Å²) in [5.41, 5.74) is 0.859. The lowest BCUT2D eigenvalue weighted by Crippen LogP contribution is -2.26. The summed E-state index contributed by atoms with van der Waals surface area (Å²) in [6, 6.07) is 13.0. The van der Waals surface area contributed by atoms with Gasteiger partial charge in [-0.25, -0.2) is 0 Å². The molecule has 0 atom stereocenters. The Morgan fingerprint density at radius 2 is 1.66 bits per heavy atom. The number of nitrogens with one attached hydrogen (secondary N) is 1. The van der Waals surface area contributed by atoms with Crippen molar-refractivity contribution < 1.29 is 23.7 Å². The minimum atomic E-state index is -0.196. The van der Waals surface area contributed by atoms with Crippen molar-refractivity contribution in [1.29, 1.82) is 0 Å². The topological polar surface area (TPSA) is 66.0 Å². The van der Waals surface area contributed by atoms with Gasteiger partial charge < -0.3 is 24.3 Å². The molecule has 0 saturated carbocycles. The molecule has 2 aromatic carbocycles. The molecule has 2 rings (SSSR count). The van der Waals surface area contributed by atoms with E-state index in [-0.39, 0.29) is 5.91 Å². The summed E-state index contributed by atoms with van der Waals surface area (Å²) in [5.74, 6) is 2.50. The Morgan fingerprint density at radius 3 is 2.38 bits per heavy atom. The fourth-order valence-electron chi connectivity index (χ4n) is 2.53. The molecular formula is C23H29NO5. The van der Waals surface area contributed by atoms with E-state index in [1.807, 2.05) is 49.4 Å². The van der Waals surface area contributed by atoms with Crippen molar-refractivity contribution in [2.75, 3.05) is 33.5 Å². The van der Waals surface area contributed by atoms with E-state index in [2.05, 4.69) is 12.2 Å². The minimum Gasteiger partial charge on any atom is -0.493 e. The van der Waals surface area contributed by atoms with Crippen LogP contribution in [0.2, 0.25) is 0 Å². The number of hydrogen-bond acceptors (Lipinski definition) is 5. The maximum Gasteiger partial charge on any atom is 0.244 e. The minimum absolute atomic E-state index is 0.196. The third-order valence-electron chi connectivity index (χ3n) is 3.88. The number of para-hydroxylation sites is 2. The van der Waals surface area contributed by atoms with Crippen LogP contribution in [-0.2, 0) is 4.79 Å². The molecule has 6 heteroatoms. The van der Waals surface area contributed by atoms with Crippen molar-refractivity contribution in [3.05, 3.63) is 54.1 Å². The first-order chi connectivity index (χ1) is 14.2. The molecule has 1 amide bonds. The first-order valence-electron chi connectivity index (χ1n) is 9.79. The van der Waals surface area contributed by atoms with Crippen LogP contribution in [0.4, 0.5) is 0 Å². The van der Waals surface area contributed by atoms with Crippen LogP contribution in [0.15, 0.2) is 48.5 Å². The van der Waals surface area contributed by atoms with E-state index in [1.165, 1.54) is 6.08 Å². The Balaban J connectivity index is 1.84. The second-order valence-corrected chi connectivity index (χ2v) is 6.11. The molecule has 1 N–H and O–H groups in total. The summed E-state index contributed by atoms with van der Waals surface area (Å²) >= 11 is 0. The molecule has 0 spiro atoms. The smallest absolute Gasteiger partial charge is 0.244 e.